The van der Waals surface area contributed by atoms with Crippen LogP contribution < -0.4 is 10.2 Å². The Morgan fingerprint density at radius 3 is 2.59 bits per heavy atom. The van der Waals surface area contributed by atoms with Crippen molar-refractivity contribution in [1.82, 2.24) is 10.4 Å². The summed E-state index contributed by atoms with van der Waals surface area (Å²) in [6.07, 6.45) is 3.19. The molecule has 0 saturated heterocycles. The SMILES string of the molecule is O=C(O)/C(=N\NC(=O)c1c[n+]([O-])ccn1)c1ccc(Cl)cc1. The third-order valence-electron chi connectivity index (χ3n) is 2.50. The van der Waals surface area contributed by atoms with Crippen LogP contribution in [0, 0.1) is 5.21 Å². The molecule has 22 heavy (non-hydrogen) atoms. The number of hydrogen-bond donors (Lipinski definition) is 2. The second-order valence-electron chi connectivity index (χ2n) is 4.01. The summed E-state index contributed by atoms with van der Waals surface area (Å²) in [7, 11) is 0. The van der Waals surface area contributed by atoms with Crippen LogP contribution in [0.4, 0.5) is 0 Å². The van der Waals surface area contributed by atoms with E-state index in [1.54, 1.807) is 0 Å². The lowest BCUT2D eigenvalue weighted by Gasteiger charge is -2.03. The summed E-state index contributed by atoms with van der Waals surface area (Å²) in [4.78, 5) is 26.6. The molecule has 2 rings (SSSR count). The number of rotatable bonds is 4. The van der Waals surface area contributed by atoms with Crippen LogP contribution in [0.15, 0.2) is 48.0 Å². The van der Waals surface area contributed by atoms with E-state index >= 15 is 0 Å². The predicted molar refractivity (Wildman–Crippen MR) is 76.3 cm³/mol. The molecule has 0 saturated carbocycles. The molecule has 1 aromatic heterocycles. The summed E-state index contributed by atoms with van der Waals surface area (Å²) in [5.41, 5.74) is 1.73. The number of nitrogens with one attached hydrogen (secondary N) is 1. The average Bonchev–Trinajstić information content (AvgIpc) is 2.48. The molecule has 2 aromatic rings. The van der Waals surface area contributed by atoms with E-state index in [4.69, 9.17) is 16.7 Å². The van der Waals surface area contributed by atoms with Gasteiger partial charge in [-0.15, -0.1) is 0 Å². The number of aliphatic carboxylic acids is 1. The van der Waals surface area contributed by atoms with Gasteiger partial charge in [0.2, 0.25) is 6.20 Å². The monoisotopic (exact) mass is 320 g/mol. The third-order valence-corrected chi connectivity index (χ3v) is 2.75. The fourth-order valence-electron chi connectivity index (χ4n) is 1.50. The van der Waals surface area contributed by atoms with Crippen molar-refractivity contribution >= 4 is 29.2 Å². The minimum absolute atomic E-state index is 0.193. The normalized spacial score (nSPS) is 11.0. The molecule has 1 aromatic carbocycles. The van der Waals surface area contributed by atoms with Crippen LogP contribution in [0.3, 0.4) is 0 Å². The van der Waals surface area contributed by atoms with Crippen LogP contribution >= 0.6 is 11.6 Å². The van der Waals surface area contributed by atoms with Gasteiger partial charge in [0.15, 0.2) is 17.6 Å². The van der Waals surface area contributed by atoms with E-state index in [0.717, 1.165) is 18.6 Å². The highest BCUT2D eigenvalue weighted by molar-refractivity contribution is 6.42. The van der Waals surface area contributed by atoms with Crippen molar-refractivity contribution in [2.24, 2.45) is 5.10 Å². The number of carboxylic acid groups (broad SMARTS) is 1. The number of hydrazone groups is 1. The molecular formula is C13H9ClN4O4. The fraction of sp³-hybridized carbons (Fsp3) is 0. The summed E-state index contributed by atoms with van der Waals surface area (Å²) < 4.78 is 0.392. The number of aromatic nitrogens is 2. The van der Waals surface area contributed by atoms with Gasteiger partial charge >= 0.3 is 5.97 Å². The van der Waals surface area contributed by atoms with Gasteiger partial charge in [0.25, 0.3) is 5.91 Å². The first kappa shape index (κ1) is 15.4. The summed E-state index contributed by atoms with van der Waals surface area (Å²) in [5.74, 6) is -2.14. The Kier molecular flexibility index (Phi) is 4.64. The van der Waals surface area contributed by atoms with Crippen LogP contribution in [0.2, 0.25) is 5.02 Å². The highest BCUT2D eigenvalue weighted by atomic mass is 35.5. The number of hydrogen-bond acceptors (Lipinski definition) is 5. The van der Waals surface area contributed by atoms with Gasteiger partial charge in [0.1, 0.15) is 0 Å². The second kappa shape index (κ2) is 6.64. The molecule has 9 heteroatoms. The highest BCUT2D eigenvalue weighted by Crippen LogP contribution is 2.10. The molecule has 0 unspecified atom stereocenters. The van der Waals surface area contributed by atoms with Crippen molar-refractivity contribution in [3.05, 3.63) is 64.3 Å². The number of amides is 1. The molecule has 8 nitrogen and oxygen atoms in total. The van der Waals surface area contributed by atoms with E-state index in [9.17, 15) is 14.8 Å². The number of benzene rings is 1. The van der Waals surface area contributed by atoms with Gasteiger partial charge in [-0.25, -0.2) is 15.2 Å². The van der Waals surface area contributed by atoms with Crippen LogP contribution in [0.1, 0.15) is 16.1 Å². The van der Waals surface area contributed by atoms with Crippen LogP contribution in [0.25, 0.3) is 0 Å². The zero-order valence-corrected chi connectivity index (χ0v) is 11.7. The molecule has 2 N–H and O–H groups in total. The summed E-state index contributed by atoms with van der Waals surface area (Å²) in [6, 6.07) is 5.90. The number of nitrogens with zero attached hydrogens (tertiary/aromatic N) is 3. The first-order chi connectivity index (χ1) is 10.5. The second-order valence-corrected chi connectivity index (χ2v) is 4.45. The molecule has 0 atom stereocenters. The molecule has 1 heterocycles. The Morgan fingerprint density at radius 2 is 2.00 bits per heavy atom. The Bertz CT molecular complexity index is 746. The summed E-state index contributed by atoms with van der Waals surface area (Å²) in [6.45, 7) is 0. The van der Waals surface area contributed by atoms with E-state index in [1.807, 2.05) is 5.43 Å². The maximum absolute atomic E-state index is 11.8. The number of halogens is 1. The minimum atomic E-state index is -1.33. The first-order valence-electron chi connectivity index (χ1n) is 5.89. The third kappa shape index (κ3) is 3.76. The first-order valence-corrected chi connectivity index (χ1v) is 6.27. The van der Waals surface area contributed by atoms with Crippen molar-refractivity contribution in [2.75, 3.05) is 0 Å². The van der Waals surface area contributed by atoms with Gasteiger partial charge in [0, 0.05) is 10.6 Å². The smallest absolute Gasteiger partial charge is 0.356 e. The van der Waals surface area contributed by atoms with Gasteiger partial charge < -0.3 is 10.3 Å². The van der Waals surface area contributed by atoms with E-state index in [2.05, 4.69) is 10.1 Å². The predicted octanol–water partition coefficient (Wildman–Crippen LogP) is 0.587. The van der Waals surface area contributed by atoms with E-state index in [0.29, 0.717) is 9.75 Å². The van der Waals surface area contributed by atoms with Gasteiger partial charge in [-0.05, 0) is 12.1 Å². The van der Waals surface area contributed by atoms with Gasteiger partial charge in [-0.1, -0.05) is 23.7 Å². The minimum Gasteiger partial charge on any atom is -0.619 e. The lowest BCUT2D eigenvalue weighted by Crippen LogP contribution is -2.30. The Morgan fingerprint density at radius 1 is 1.32 bits per heavy atom. The maximum Gasteiger partial charge on any atom is 0.356 e. The lowest BCUT2D eigenvalue weighted by atomic mass is 10.1. The molecule has 0 fully saturated rings. The molecular weight excluding hydrogens is 312 g/mol. The largest absolute Gasteiger partial charge is 0.619 e. The van der Waals surface area contributed by atoms with Gasteiger partial charge in [-0.2, -0.15) is 9.83 Å². The Labute approximate surface area is 129 Å². The van der Waals surface area contributed by atoms with Crippen LogP contribution in [0.5, 0.6) is 0 Å². The van der Waals surface area contributed by atoms with Crippen LogP contribution in [-0.2, 0) is 4.79 Å². The van der Waals surface area contributed by atoms with E-state index < -0.39 is 11.9 Å². The number of carbonyl (C=O) groups excluding carboxylic acids is 1. The van der Waals surface area contributed by atoms with Crippen molar-refractivity contribution in [1.29, 1.82) is 0 Å². The van der Waals surface area contributed by atoms with E-state index in [-0.39, 0.29) is 17.0 Å². The quantitative estimate of drug-likeness (QED) is 0.370. The van der Waals surface area contributed by atoms with Crippen LogP contribution in [-0.4, -0.2) is 27.7 Å². The molecule has 0 aliphatic rings. The topological polar surface area (TPSA) is 119 Å². The number of carboxylic acids is 1. The zero-order valence-electron chi connectivity index (χ0n) is 10.9. The Balaban J connectivity index is 2.22. The van der Waals surface area contributed by atoms with Gasteiger partial charge in [0.05, 0.1) is 6.20 Å². The van der Waals surface area contributed by atoms with E-state index in [1.165, 1.54) is 24.3 Å². The lowest BCUT2D eigenvalue weighted by molar-refractivity contribution is -0.606. The molecule has 0 radical (unpaired) electrons. The zero-order chi connectivity index (χ0) is 16.1. The highest BCUT2D eigenvalue weighted by Gasteiger charge is 2.15. The molecule has 0 aliphatic carbocycles. The molecule has 1 amide bonds. The van der Waals surface area contributed by atoms with Gasteiger partial charge in [-0.3, -0.25) is 4.79 Å². The number of carbonyl (C=O) groups is 2. The van der Waals surface area contributed by atoms with Crippen molar-refractivity contribution in [3.63, 3.8) is 0 Å². The summed E-state index contributed by atoms with van der Waals surface area (Å²) in [5, 5.41) is 24.2. The fourth-order valence-corrected chi connectivity index (χ4v) is 1.63. The maximum atomic E-state index is 11.8. The molecule has 0 spiro atoms. The average molecular weight is 321 g/mol. The standard InChI is InChI=1S/C13H9ClN4O4/c14-9-3-1-8(2-4-9)11(13(20)21)16-17-12(19)10-7-18(22)6-5-15-10/h1-7H,(H,17,19)(H,20,21)/b16-11-. The summed E-state index contributed by atoms with van der Waals surface area (Å²) >= 11 is 5.72. The molecule has 112 valence electrons. The van der Waals surface area contributed by atoms with Crippen molar-refractivity contribution in [2.45, 2.75) is 0 Å². The molecule has 0 aliphatic heterocycles. The van der Waals surface area contributed by atoms with Crippen molar-refractivity contribution in [3.8, 4) is 0 Å². The molecule has 0 bridgehead atoms. The Hall–Kier alpha value is -3.00. The van der Waals surface area contributed by atoms with Crippen molar-refractivity contribution < 1.29 is 19.4 Å².